The number of halogens is 1. The number of rotatable bonds is 3. The third-order valence-electron chi connectivity index (χ3n) is 2.86. The van der Waals surface area contributed by atoms with Crippen molar-refractivity contribution in [3.05, 3.63) is 47.7 Å². The van der Waals surface area contributed by atoms with Crippen molar-refractivity contribution in [1.29, 1.82) is 5.41 Å². The van der Waals surface area contributed by atoms with Crippen LogP contribution in [0.1, 0.15) is 0 Å². The number of amidine groups is 1. The molecule has 4 N–H and O–H groups in total. The van der Waals surface area contributed by atoms with Gasteiger partial charge in [-0.3, -0.25) is 5.41 Å². The fraction of sp³-hybridized carbons (Fsp3) is 0. The van der Waals surface area contributed by atoms with Crippen LogP contribution in [0.2, 0.25) is 0 Å². The number of carbonyl (C=O) groups excluding carboxylic acids is 1. The second kappa shape index (κ2) is 5.67. The fourth-order valence-electron chi connectivity index (χ4n) is 1.85. The number of hydrogen-bond acceptors (Lipinski definition) is 7. The van der Waals surface area contributed by atoms with Crippen molar-refractivity contribution in [2.75, 3.05) is 0 Å². The van der Waals surface area contributed by atoms with E-state index in [2.05, 4.69) is 20.6 Å². The lowest BCUT2D eigenvalue weighted by Gasteiger charge is -2.11. The van der Waals surface area contributed by atoms with E-state index >= 15 is 0 Å². The molecule has 0 unspecified atom stereocenters. The topological polar surface area (TPSA) is 131 Å². The molecule has 10 heteroatoms. The zero-order valence-electron chi connectivity index (χ0n) is 11.5. The third kappa shape index (κ3) is 2.77. The maximum Gasteiger partial charge on any atom is 0.373 e. The molecule has 0 saturated heterocycles. The maximum absolute atomic E-state index is 12.9. The fourth-order valence-corrected chi connectivity index (χ4v) is 1.85. The Bertz CT molecular complexity index is 897. The summed E-state index contributed by atoms with van der Waals surface area (Å²) >= 11 is 0. The van der Waals surface area contributed by atoms with Crippen LogP contribution < -0.4 is 15.9 Å². The SMILES string of the molecule is N=C(N)/C(C(=O)On1nnc2ccccc21)=C1/N=CC(F)=CN1. The predicted molar refractivity (Wildman–Crippen MR) is 78.9 cm³/mol. The number of carbonyl (C=O) groups is 1. The van der Waals surface area contributed by atoms with Crippen LogP contribution in [-0.2, 0) is 4.79 Å². The Morgan fingerprint density at radius 1 is 1.39 bits per heavy atom. The standard InChI is InChI=1S/C13H10FN7O2/c14-7-5-17-12(18-6-7)10(11(15)16)13(22)23-21-9-4-2-1-3-8(9)19-20-21/h1-6,17H,(H3,15,16)/b12-10-. The number of aromatic nitrogens is 3. The zero-order valence-corrected chi connectivity index (χ0v) is 11.5. The molecule has 0 bridgehead atoms. The van der Waals surface area contributed by atoms with Gasteiger partial charge >= 0.3 is 5.97 Å². The number of nitrogens with zero attached hydrogens (tertiary/aromatic N) is 4. The Kier molecular flexibility index (Phi) is 3.55. The van der Waals surface area contributed by atoms with E-state index in [0.29, 0.717) is 11.0 Å². The minimum absolute atomic E-state index is 0.103. The molecular formula is C13H10FN7O2. The summed E-state index contributed by atoms with van der Waals surface area (Å²) in [5.74, 6) is -2.31. The van der Waals surface area contributed by atoms with E-state index in [1.54, 1.807) is 24.3 Å². The quantitative estimate of drug-likeness (QED) is 0.317. The van der Waals surface area contributed by atoms with Gasteiger partial charge in [-0.1, -0.05) is 17.0 Å². The molecule has 1 aliphatic rings. The molecule has 2 heterocycles. The first-order valence-corrected chi connectivity index (χ1v) is 6.34. The van der Waals surface area contributed by atoms with Crippen LogP contribution in [0.3, 0.4) is 0 Å². The zero-order chi connectivity index (χ0) is 16.4. The molecule has 0 saturated carbocycles. The van der Waals surface area contributed by atoms with Gasteiger partial charge in [0.1, 0.15) is 28.3 Å². The van der Waals surface area contributed by atoms with Crippen LogP contribution in [0.4, 0.5) is 4.39 Å². The number of nitrogens with one attached hydrogen (secondary N) is 2. The lowest BCUT2D eigenvalue weighted by Crippen LogP contribution is -2.32. The van der Waals surface area contributed by atoms with E-state index in [0.717, 1.165) is 17.3 Å². The Hall–Kier alpha value is -3.56. The molecule has 0 atom stereocenters. The van der Waals surface area contributed by atoms with Crippen LogP contribution in [0.5, 0.6) is 0 Å². The number of fused-ring (bicyclic) bond motifs is 1. The van der Waals surface area contributed by atoms with Crippen molar-refractivity contribution in [3.63, 3.8) is 0 Å². The molecule has 23 heavy (non-hydrogen) atoms. The smallest absolute Gasteiger partial charge is 0.373 e. The maximum atomic E-state index is 12.9. The summed E-state index contributed by atoms with van der Waals surface area (Å²) in [7, 11) is 0. The number of hydrogen-bond donors (Lipinski definition) is 3. The number of nitrogens with two attached hydrogens (primary N) is 1. The third-order valence-corrected chi connectivity index (χ3v) is 2.86. The monoisotopic (exact) mass is 315 g/mol. The van der Waals surface area contributed by atoms with E-state index in [1.807, 2.05) is 0 Å². The minimum Gasteiger partial charge on any atom is -0.383 e. The largest absolute Gasteiger partial charge is 0.383 e. The normalized spacial score (nSPS) is 15.8. The van der Waals surface area contributed by atoms with Gasteiger partial charge in [0, 0.05) is 6.20 Å². The highest BCUT2D eigenvalue weighted by molar-refractivity contribution is 6.17. The van der Waals surface area contributed by atoms with Gasteiger partial charge in [0.15, 0.2) is 5.83 Å². The van der Waals surface area contributed by atoms with Gasteiger partial charge in [0.25, 0.3) is 0 Å². The van der Waals surface area contributed by atoms with E-state index < -0.39 is 17.6 Å². The van der Waals surface area contributed by atoms with Crippen molar-refractivity contribution >= 4 is 29.1 Å². The van der Waals surface area contributed by atoms with E-state index in [4.69, 9.17) is 16.0 Å². The lowest BCUT2D eigenvalue weighted by molar-refractivity contribution is -0.140. The van der Waals surface area contributed by atoms with Crippen molar-refractivity contribution in [2.24, 2.45) is 10.7 Å². The highest BCUT2D eigenvalue weighted by atomic mass is 19.1. The van der Waals surface area contributed by atoms with Crippen LogP contribution >= 0.6 is 0 Å². The van der Waals surface area contributed by atoms with Gasteiger partial charge in [-0.15, -0.1) is 5.10 Å². The molecule has 1 aromatic heterocycles. The highest BCUT2D eigenvalue weighted by Gasteiger charge is 2.23. The van der Waals surface area contributed by atoms with Crippen LogP contribution in [0.15, 0.2) is 52.7 Å². The summed E-state index contributed by atoms with van der Waals surface area (Å²) < 4.78 is 12.9. The molecule has 0 spiro atoms. The summed E-state index contributed by atoms with van der Waals surface area (Å²) in [6.45, 7) is 0. The summed E-state index contributed by atoms with van der Waals surface area (Å²) in [5.41, 5.74) is 6.02. The molecular weight excluding hydrogens is 305 g/mol. The molecule has 1 aromatic carbocycles. The molecule has 9 nitrogen and oxygen atoms in total. The van der Waals surface area contributed by atoms with Gasteiger partial charge in [-0.2, -0.15) is 0 Å². The Balaban J connectivity index is 1.93. The average Bonchev–Trinajstić information content (AvgIpc) is 2.92. The van der Waals surface area contributed by atoms with Gasteiger partial charge in [0.2, 0.25) is 0 Å². The lowest BCUT2D eigenvalue weighted by atomic mass is 10.2. The van der Waals surface area contributed by atoms with Gasteiger partial charge < -0.3 is 15.9 Å². The predicted octanol–water partition coefficient (Wildman–Crippen LogP) is 0.0190. The van der Waals surface area contributed by atoms with Gasteiger partial charge in [-0.25, -0.2) is 14.2 Å². The van der Waals surface area contributed by atoms with Crippen LogP contribution in [0, 0.1) is 5.41 Å². The van der Waals surface area contributed by atoms with E-state index in [-0.39, 0.29) is 11.4 Å². The Labute approximate surface area is 128 Å². The average molecular weight is 315 g/mol. The van der Waals surface area contributed by atoms with Crippen LogP contribution in [0.25, 0.3) is 11.0 Å². The molecule has 2 aromatic rings. The number of para-hydroxylation sites is 1. The summed E-state index contributed by atoms with van der Waals surface area (Å²) in [5, 5.41) is 17.5. The first-order chi connectivity index (χ1) is 11.1. The highest BCUT2D eigenvalue weighted by Crippen LogP contribution is 2.12. The molecule has 1 aliphatic heterocycles. The number of aliphatic imine (C=N–C) groups is 1. The van der Waals surface area contributed by atoms with E-state index in [1.165, 1.54) is 0 Å². The molecule has 3 rings (SSSR count). The molecule has 0 amide bonds. The Morgan fingerprint density at radius 3 is 2.87 bits per heavy atom. The van der Waals surface area contributed by atoms with Crippen molar-refractivity contribution in [2.45, 2.75) is 0 Å². The van der Waals surface area contributed by atoms with Crippen molar-refractivity contribution in [3.8, 4) is 0 Å². The second-order valence-electron chi connectivity index (χ2n) is 4.40. The van der Waals surface area contributed by atoms with Crippen molar-refractivity contribution in [1.82, 2.24) is 20.5 Å². The summed E-state index contributed by atoms with van der Waals surface area (Å²) in [4.78, 5) is 21.9. The second-order valence-corrected chi connectivity index (χ2v) is 4.40. The first-order valence-electron chi connectivity index (χ1n) is 6.34. The van der Waals surface area contributed by atoms with Crippen molar-refractivity contribution < 1.29 is 14.0 Å². The Morgan fingerprint density at radius 2 is 2.17 bits per heavy atom. The summed E-state index contributed by atoms with van der Waals surface area (Å²) in [6, 6.07) is 6.82. The molecule has 0 fully saturated rings. The summed E-state index contributed by atoms with van der Waals surface area (Å²) in [6.07, 6.45) is 1.86. The van der Waals surface area contributed by atoms with Gasteiger partial charge in [0.05, 0.1) is 6.21 Å². The molecule has 0 radical (unpaired) electrons. The molecule has 0 aliphatic carbocycles. The molecule has 116 valence electrons. The number of allylic oxidation sites excluding steroid dienone is 1. The van der Waals surface area contributed by atoms with Gasteiger partial charge in [-0.05, 0) is 17.3 Å². The first kappa shape index (κ1) is 14.4. The van der Waals surface area contributed by atoms with E-state index in [9.17, 15) is 9.18 Å². The minimum atomic E-state index is -0.983. The number of benzene rings is 1. The van der Waals surface area contributed by atoms with Crippen LogP contribution in [-0.4, -0.2) is 33.2 Å².